The van der Waals surface area contributed by atoms with Crippen LogP contribution in [-0.4, -0.2) is 21.5 Å². The summed E-state index contributed by atoms with van der Waals surface area (Å²) in [7, 11) is 0. The molecule has 0 saturated heterocycles. The number of aromatic nitrogens is 2. The van der Waals surface area contributed by atoms with Crippen LogP contribution in [0.5, 0.6) is 17.4 Å². The van der Waals surface area contributed by atoms with Gasteiger partial charge in [-0.2, -0.15) is 10.4 Å². The Morgan fingerprint density at radius 1 is 1.28 bits per heavy atom. The first-order chi connectivity index (χ1) is 14.0. The predicted molar refractivity (Wildman–Crippen MR) is 107 cm³/mol. The number of hydrogen-bond acceptors (Lipinski definition) is 6. The predicted octanol–water partition coefficient (Wildman–Crippen LogP) is 3.50. The van der Waals surface area contributed by atoms with Crippen molar-refractivity contribution in [3.8, 4) is 29.1 Å². The number of nitriles is 1. The van der Waals surface area contributed by atoms with Gasteiger partial charge in [0.05, 0.1) is 29.5 Å². The molecule has 2 aromatic carbocycles. The van der Waals surface area contributed by atoms with Crippen LogP contribution < -0.4 is 15.2 Å². The maximum Gasteiger partial charge on any atom is 0.229 e. The molecule has 2 heterocycles. The standard InChI is InChI=1S/C22H20N4O3/c1-3-28-18-11-14(9-10-17(18)27)20-16(12-23)21(24)29-22-19(20)13(2)25-26(22)15-7-5-4-6-8-15/h4-11,20,27H,3,24H2,1-2H3/t20-/m1/s1. The fraction of sp³-hybridized carbons (Fsp3) is 0.182. The molecule has 3 N–H and O–H groups in total. The second kappa shape index (κ2) is 7.24. The summed E-state index contributed by atoms with van der Waals surface area (Å²) in [6.45, 7) is 4.12. The Bertz CT molecular complexity index is 1140. The molecule has 0 aliphatic carbocycles. The highest BCUT2D eigenvalue weighted by molar-refractivity contribution is 5.58. The fourth-order valence-corrected chi connectivity index (χ4v) is 3.57. The van der Waals surface area contributed by atoms with Crippen molar-refractivity contribution in [2.24, 2.45) is 5.73 Å². The number of allylic oxidation sites excluding steroid dienone is 1. The summed E-state index contributed by atoms with van der Waals surface area (Å²) in [5.74, 6) is 0.410. The zero-order chi connectivity index (χ0) is 20.5. The van der Waals surface area contributed by atoms with E-state index in [2.05, 4.69) is 11.2 Å². The molecule has 0 spiro atoms. The maximum absolute atomic E-state index is 10.1. The molecule has 1 atom stereocenters. The summed E-state index contributed by atoms with van der Waals surface area (Å²) in [6, 6.07) is 16.8. The first-order valence-electron chi connectivity index (χ1n) is 9.23. The molecule has 4 rings (SSSR count). The third-order valence-electron chi connectivity index (χ3n) is 4.85. The van der Waals surface area contributed by atoms with Crippen LogP contribution in [-0.2, 0) is 0 Å². The van der Waals surface area contributed by atoms with Gasteiger partial charge in [0.1, 0.15) is 11.6 Å². The van der Waals surface area contributed by atoms with Crippen LogP contribution in [0.15, 0.2) is 60.0 Å². The van der Waals surface area contributed by atoms with Crippen molar-refractivity contribution in [1.82, 2.24) is 9.78 Å². The molecule has 0 radical (unpaired) electrons. The zero-order valence-corrected chi connectivity index (χ0v) is 16.1. The molecule has 1 aliphatic rings. The lowest BCUT2D eigenvalue weighted by Gasteiger charge is -2.25. The van der Waals surface area contributed by atoms with Crippen LogP contribution in [0, 0.1) is 18.3 Å². The van der Waals surface area contributed by atoms with Crippen molar-refractivity contribution >= 4 is 0 Å². The molecule has 0 saturated carbocycles. The second-order valence-corrected chi connectivity index (χ2v) is 6.64. The van der Waals surface area contributed by atoms with Gasteiger partial charge in [-0.1, -0.05) is 24.3 Å². The number of aryl methyl sites for hydroxylation is 1. The summed E-state index contributed by atoms with van der Waals surface area (Å²) in [4.78, 5) is 0. The number of para-hydroxylation sites is 1. The number of fused-ring (bicyclic) bond motifs is 1. The molecule has 0 bridgehead atoms. The molecule has 1 aromatic heterocycles. The molecular weight excluding hydrogens is 368 g/mol. The van der Waals surface area contributed by atoms with Gasteiger partial charge in [-0.3, -0.25) is 0 Å². The highest BCUT2D eigenvalue weighted by Gasteiger charge is 2.36. The largest absolute Gasteiger partial charge is 0.504 e. The average Bonchev–Trinajstić information content (AvgIpc) is 3.05. The summed E-state index contributed by atoms with van der Waals surface area (Å²) in [5, 5.41) is 24.5. The van der Waals surface area contributed by atoms with Crippen molar-refractivity contribution in [1.29, 1.82) is 5.26 Å². The van der Waals surface area contributed by atoms with Crippen molar-refractivity contribution < 1.29 is 14.6 Å². The maximum atomic E-state index is 10.1. The van der Waals surface area contributed by atoms with Crippen molar-refractivity contribution in [2.45, 2.75) is 19.8 Å². The van der Waals surface area contributed by atoms with Crippen molar-refractivity contribution in [3.05, 3.63) is 76.8 Å². The number of hydrogen-bond donors (Lipinski definition) is 2. The van der Waals surface area contributed by atoms with Crippen LogP contribution in [0.25, 0.3) is 5.69 Å². The molecule has 146 valence electrons. The minimum atomic E-state index is -0.485. The van der Waals surface area contributed by atoms with Gasteiger partial charge in [0, 0.05) is 0 Å². The molecule has 1 aliphatic heterocycles. The van der Waals surface area contributed by atoms with E-state index in [1.807, 2.05) is 44.2 Å². The quantitative estimate of drug-likeness (QED) is 0.708. The van der Waals surface area contributed by atoms with E-state index in [0.717, 1.165) is 22.5 Å². The minimum Gasteiger partial charge on any atom is -0.504 e. The number of nitrogens with zero attached hydrogens (tertiary/aromatic N) is 3. The van der Waals surface area contributed by atoms with E-state index < -0.39 is 5.92 Å². The van der Waals surface area contributed by atoms with Crippen molar-refractivity contribution in [3.63, 3.8) is 0 Å². The number of rotatable bonds is 4. The summed E-state index contributed by atoms with van der Waals surface area (Å²) in [5.41, 5.74) is 9.48. The third-order valence-corrected chi connectivity index (χ3v) is 4.85. The molecule has 29 heavy (non-hydrogen) atoms. The number of phenolic OH excluding ortho intramolecular Hbond substituents is 1. The second-order valence-electron chi connectivity index (χ2n) is 6.64. The van der Waals surface area contributed by atoms with Gasteiger partial charge >= 0.3 is 0 Å². The number of phenols is 1. The monoisotopic (exact) mass is 388 g/mol. The van der Waals surface area contributed by atoms with Crippen molar-refractivity contribution in [2.75, 3.05) is 6.61 Å². The number of benzene rings is 2. The van der Waals surface area contributed by atoms with Crippen LogP contribution in [0.1, 0.15) is 29.7 Å². The molecule has 7 nitrogen and oxygen atoms in total. The van der Waals surface area contributed by atoms with Gasteiger partial charge in [-0.15, -0.1) is 0 Å². The SMILES string of the molecule is CCOc1cc([C@@H]2C(C#N)=C(N)Oc3c2c(C)nn3-c2ccccc2)ccc1O. The van der Waals surface area contributed by atoms with Gasteiger partial charge in [0.15, 0.2) is 11.5 Å². The Kier molecular flexibility index (Phi) is 4.61. The van der Waals surface area contributed by atoms with E-state index in [9.17, 15) is 10.4 Å². The number of aromatic hydroxyl groups is 1. The molecule has 0 unspecified atom stereocenters. The number of nitrogens with two attached hydrogens (primary N) is 1. The van der Waals surface area contributed by atoms with Gasteiger partial charge < -0.3 is 20.3 Å². The average molecular weight is 388 g/mol. The zero-order valence-electron chi connectivity index (χ0n) is 16.1. The minimum absolute atomic E-state index is 0.0353. The Hall–Kier alpha value is -3.92. The van der Waals surface area contributed by atoms with Gasteiger partial charge in [-0.25, -0.2) is 4.68 Å². The van der Waals surface area contributed by atoms with E-state index in [1.54, 1.807) is 22.9 Å². The van der Waals surface area contributed by atoms with Gasteiger partial charge in [-0.05, 0) is 43.7 Å². The van der Waals surface area contributed by atoms with Crippen LogP contribution in [0.4, 0.5) is 0 Å². The first kappa shape index (κ1) is 18.4. The highest BCUT2D eigenvalue weighted by atomic mass is 16.5. The lowest BCUT2D eigenvalue weighted by molar-refractivity contribution is 0.317. The molecule has 3 aromatic rings. The van der Waals surface area contributed by atoms with Gasteiger partial charge in [0.2, 0.25) is 11.8 Å². The van der Waals surface area contributed by atoms with E-state index in [-0.39, 0.29) is 11.6 Å². The molecule has 0 fully saturated rings. The Morgan fingerprint density at radius 2 is 2.03 bits per heavy atom. The molecule has 7 heteroatoms. The van der Waals surface area contributed by atoms with Crippen LogP contribution in [0.2, 0.25) is 0 Å². The van der Waals surface area contributed by atoms with E-state index in [1.165, 1.54) is 0 Å². The van der Waals surface area contributed by atoms with Gasteiger partial charge in [0.25, 0.3) is 0 Å². The molecule has 0 amide bonds. The lowest BCUT2D eigenvalue weighted by Crippen LogP contribution is -2.22. The topological polar surface area (TPSA) is 106 Å². The fourth-order valence-electron chi connectivity index (χ4n) is 3.57. The summed E-state index contributed by atoms with van der Waals surface area (Å²) >= 11 is 0. The number of ether oxygens (including phenoxy) is 2. The van der Waals surface area contributed by atoms with E-state index >= 15 is 0 Å². The lowest BCUT2D eigenvalue weighted by atomic mass is 9.84. The summed E-state index contributed by atoms with van der Waals surface area (Å²) < 4.78 is 13.1. The van der Waals surface area contributed by atoms with Crippen LogP contribution in [0.3, 0.4) is 0 Å². The third kappa shape index (κ3) is 3.05. The molecular formula is C22H20N4O3. The highest BCUT2D eigenvalue weighted by Crippen LogP contribution is 2.46. The van der Waals surface area contributed by atoms with E-state index in [0.29, 0.717) is 23.8 Å². The Morgan fingerprint density at radius 3 is 2.72 bits per heavy atom. The summed E-state index contributed by atoms with van der Waals surface area (Å²) in [6.07, 6.45) is 0. The smallest absolute Gasteiger partial charge is 0.229 e. The van der Waals surface area contributed by atoms with E-state index in [4.69, 9.17) is 15.2 Å². The Labute approximate surface area is 168 Å². The first-order valence-corrected chi connectivity index (χ1v) is 9.23. The normalized spacial score (nSPS) is 15.4. The van der Waals surface area contributed by atoms with Crippen LogP contribution >= 0.6 is 0 Å². The Balaban J connectivity index is 1.93.